The van der Waals surface area contributed by atoms with Crippen LogP contribution in [0.4, 0.5) is 13.2 Å². The van der Waals surface area contributed by atoms with Crippen molar-refractivity contribution in [2.24, 2.45) is 5.92 Å². The Bertz CT molecular complexity index is 1140. The molecular weight excluding hydrogens is 427 g/mol. The molecule has 1 amide bonds. The molecule has 10 heteroatoms. The summed E-state index contributed by atoms with van der Waals surface area (Å²) < 4.78 is 37.0. The van der Waals surface area contributed by atoms with Gasteiger partial charge in [-0.3, -0.25) is 4.79 Å². The molecule has 1 aromatic heterocycles. The van der Waals surface area contributed by atoms with Gasteiger partial charge < -0.3 is 20.3 Å². The Morgan fingerprint density at radius 1 is 1.09 bits per heavy atom. The van der Waals surface area contributed by atoms with E-state index in [1.54, 1.807) is 0 Å². The summed E-state index contributed by atoms with van der Waals surface area (Å²) in [5, 5.41) is 18.8. The Labute approximate surface area is 180 Å². The first kappa shape index (κ1) is 21.8. The summed E-state index contributed by atoms with van der Waals surface area (Å²) in [7, 11) is 0. The number of rotatable bonds is 3. The van der Waals surface area contributed by atoms with E-state index in [1.807, 2.05) is 24.3 Å². The fourth-order valence-electron chi connectivity index (χ4n) is 4.38. The lowest BCUT2D eigenvalue weighted by Crippen LogP contribution is -2.34. The highest BCUT2D eigenvalue weighted by atomic mass is 19.4. The van der Waals surface area contributed by atoms with Crippen molar-refractivity contribution in [3.63, 3.8) is 0 Å². The lowest BCUT2D eigenvalue weighted by Gasteiger charge is -2.20. The van der Waals surface area contributed by atoms with E-state index in [-0.39, 0.29) is 18.4 Å². The number of carbonyl (C=O) groups is 2. The summed E-state index contributed by atoms with van der Waals surface area (Å²) in [6.07, 6.45) is -4.85. The molecule has 7 nitrogen and oxygen atoms in total. The molecule has 3 aromatic rings. The predicted octanol–water partition coefficient (Wildman–Crippen LogP) is 3.18. The fourth-order valence-corrected chi connectivity index (χ4v) is 4.38. The van der Waals surface area contributed by atoms with E-state index >= 15 is 0 Å². The lowest BCUT2D eigenvalue weighted by atomic mass is 9.94. The highest BCUT2D eigenvalue weighted by Crippen LogP contribution is 2.46. The van der Waals surface area contributed by atoms with Gasteiger partial charge in [0.1, 0.15) is 5.69 Å². The number of para-hydroxylation sites is 1. The van der Waals surface area contributed by atoms with Gasteiger partial charge in [-0.2, -0.15) is 13.2 Å². The summed E-state index contributed by atoms with van der Waals surface area (Å²) in [5.74, 6) is -1.84. The number of fused-ring (bicyclic) bond motifs is 4. The molecule has 168 valence electrons. The third-order valence-electron chi connectivity index (χ3n) is 5.76. The number of hydrogen-bond donors (Lipinski definition) is 3. The Balaban J connectivity index is 0.000000307. The van der Waals surface area contributed by atoms with Crippen molar-refractivity contribution in [1.29, 1.82) is 0 Å². The molecule has 32 heavy (non-hydrogen) atoms. The van der Waals surface area contributed by atoms with E-state index in [9.17, 15) is 18.0 Å². The zero-order chi connectivity index (χ0) is 22.9. The number of alkyl halides is 3. The highest BCUT2D eigenvalue weighted by Gasteiger charge is 2.43. The average Bonchev–Trinajstić information content (AvgIpc) is 3.45. The van der Waals surface area contributed by atoms with Crippen LogP contribution in [0.1, 0.15) is 28.8 Å². The molecule has 2 aliphatic rings. The average molecular weight is 447 g/mol. The number of carboxylic acids is 1. The van der Waals surface area contributed by atoms with Crippen LogP contribution < -0.4 is 10.6 Å². The van der Waals surface area contributed by atoms with E-state index < -0.39 is 12.1 Å². The van der Waals surface area contributed by atoms with Gasteiger partial charge in [0.25, 0.3) is 0 Å². The topological polar surface area (TPSA) is 104 Å². The Kier molecular flexibility index (Phi) is 5.88. The Morgan fingerprint density at radius 3 is 2.47 bits per heavy atom. The van der Waals surface area contributed by atoms with E-state index in [1.165, 1.54) is 11.1 Å². The monoisotopic (exact) mass is 447 g/mol. The third-order valence-corrected chi connectivity index (χ3v) is 5.76. The molecule has 1 aliphatic carbocycles. The van der Waals surface area contributed by atoms with Crippen molar-refractivity contribution in [2.45, 2.75) is 24.6 Å². The highest BCUT2D eigenvalue weighted by molar-refractivity contribution is 5.86. The van der Waals surface area contributed by atoms with Gasteiger partial charge in [0.2, 0.25) is 5.91 Å². The van der Waals surface area contributed by atoms with Gasteiger partial charge in [-0.05, 0) is 23.3 Å². The van der Waals surface area contributed by atoms with Gasteiger partial charge in [-0.25, -0.2) is 4.79 Å². The summed E-state index contributed by atoms with van der Waals surface area (Å²) in [6.45, 7) is 1.93. The normalized spacial score (nSPS) is 21.4. The number of amides is 1. The summed E-state index contributed by atoms with van der Waals surface area (Å²) in [5.41, 5.74) is 4.05. The fraction of sp³-hybridized carbons (Fsp3) is 0.318. The number of nitrogens with zero attached hydrogens (tertiary/aromatic N) is 1. The minimum atomic E-state index is -5.08. The third kappa shape index (κ3) is 4.31. The van der Waals surface area contributed by atoms with Gasteiger partial charge in [-0.15, -0.1) is 0 Å². The van der Waals surface area contributed by atoms with Crippen molar-refractivity contribution >= 4 is 22.8 Å². The number of hydrogen-bond acceptors (Lipinski definition) is 5. The molecule has 5 rings (SSSR count). The molecule has 2 heterocycles. The summed E-state index contributed by atoms with van der Waals surface area (Å²) in [4.78, 5) is 21.6. The number of carbonyl (C=O) groups excluding carboxylic acids is 1. The molecule has 0 bridgehead atoms. The maximum Gasteiger partial charge on any atom is 0.490 e. The Morgan fingerprint density at radius 2 is 1.75 bits per heavy atom. The predicted molar refractivity (Wildman–Crippen MR) is 108 cm³/mol. The zero-order valence-corrected chi connectivity index (χ0v) is 16.7. The van der Waals surface area contributed by atoms with Crippen LogP contribution in [0.3, 0.4) is 0 Å². The largest absolute Gasteiger partial charge is 0.490 e. The first-order valence-corrected chi connectivity index (χ1v) is 9.98. The number of aliphatic carboxylic acids is 1. The van der Waals surface area contributed by atoms with E-state index in [4.69, 9.17) is 14.4 Å². The zero-order valence-electron chi connectivity index (χ0n) is 16.7. The number of nitrogens with one attached hydrogen (secondary N) is 2. The van der Waals surface area contributed by atoms with Gasteiger partial charge in [-0.1, -0.05) is 41.6 Å². The van der Waals surface area contributed by atoms with Gasteiger partial charge in [0.05, 0.1) is 12.5 Å². The minimum absolute atomic E-state index is 0.00796. The molecule has 0 radical (unpaired) electrons. The maximum atomic E-state index is 12.7. The van der Waals surface area contributed by atoms with Crippen LogP contribution in [0.15, 0.2) is 53.1 Å². The van der Waals surface area contributed by atoms with Crippen molar-refractivity contribution < 1.29 is 32.4 Å². The number of benzene rings is 2. The number of halogens is 3. The molecule has 0 unspecified atom stereocenters. The minimum Gasteiger partial charge on any atom is -0.475 e. The summed E-state index contributed by atoms with van der Waals surface area (Å²) in [6, 6.07) is 16.2. The van der Waals surface area contributed by atoms with Gasteiger partial charge in [0.15, 0.2) is 5.58 Å². The molecular formula is C22H20F3N3O4. The first-order valence-electron chi connectivity index (χ1n) is 9.98. The molecule has 3 N–H and O–H groups in total. The van der Waals surface area contributed by atoms with E-state index in [0.29, 0.717) is 17.5 Å². The van der Waals surface area contributed by atoms with Crippen molar-refractivity contribution in [1.82, 2.24) is 15.8 Å². The number of aromatic nitrogens is 1. The van der Waals surface area contributed by atoms with Crippen LogP contribution in [-0.4, -0.2) is 41.4 Å². The van der Waals surface area contributed by atoms with Crippen LogP contribution in [0.5, 0.6) is 0 Å². The van der Waals surface area contributed by atoms with Crippen molar-refractivity contribution in [2.75, 3.05) is 13.1 Å². The second-order valence-corrected chi connectivity index (χ2v) is 7.71. The smallest absolute Gasteiger partial charge is 0.475 e. The SMILES string of the molecule is O=C(Cc1noc2ccccc12)N[C@H]1c2ccccc2[C@@H]2CNC[C@@H]21.O=C(O)C(F)(F)F. The maximum absolute atomic E-state index is 12.7. The molecule has 3 atom stereocenters. The standard InChI is InChI=1S/C20H19N3O2.C2HF3O2/c24-19(9-17-14-7-3-4-8-18(14)25-23-17)22-20-13-6-2-1-5-12(13)15-10-21-11-16(15)20;3-2(4,5)1(6)7/h1-8,15-16,20-21H,9-11H2,(H,22,24);(H,6,7)/t15-,16-,20-;/m0./s1. The van der Waals surface area contributed by atoms with Crippen LogP contribution in [0, 0.1) is 5.92 Å². The second kappa shape index (κ2) is 8.62. The molecule has 1 fully saturated rings. The quantitative estimate of drug-likeness (QED) is 0.570. The van der Waals surface area contributed by atoms with E-state index in [2.05, 4.69) is 40.1 Å². The van der Waals surface area contributed by atoms with Crippen molar-refractivity contribution in [3.05, 3.63) is 65.4 Å². The molecule has 1 aliphatic heterocycles. The van der Waals surface area contributed by atoms with Gasteiger partial charge in [0, 0.05) is 30.3 Å². The Hall–Kier alpha value is -3.40. The molecule has 0 saturated carbocycles. The molecule has 2 aromatic carbocycles. The second-order valence-electron chi connectivity index (χ2n) is 7.71. The number of carboxylic acid groups (broad SMARTS) is 1. The molecule has 0 spiro atoms. The van der Waals surface area contributed by atoms with Crippen LogP contribution in [0.2, 0.25) is 0 Å². The van der Waals surface area contributed by atoms with Gasteiger partial charge >= 0.3 is 12.1 Å². The van der Waals surface area contributed by atoms with Crippen molar-refractivity contribution in [3.8, 4) is 0 Å². The van der Waals surface area contributed by atoms with Crippen LogP contribution >= 0.6 is 0 Å². The first-order chi connectivity index (χ1) is 15.3. The molecule has 1 saturated heterocycles. The lowest BCUT2D eigenvalue weighted by molar-refractivity contribution is -0.192. The summed E-state index contributed by atoms with van der Waals surface area (Å²) >= 11 is 0. The van der Waals surface area contributed by atoms with E-state index in [0.717, 1.165) is 24.1 Å². The van der Waals surface area contributed by atoms with Crippen LogP contribution in [-0.2, 0) is 16.0 Å². The van der Waals surface area contributed by atoms with Crippen LogP contribution in [0.25, 0.3) is 11.0 Å².